The van der Waals surface area contributed by atoms with Crippen molar-refractivity contribution in [1.29, 1.82) is 0 Å². The monoisotopic (exact) mass is 304 g/mol. The van der Waals surface area contributed by atoms with E-state index in [0.29, 0.717) is 13.0 Å². The van der Waals surface area contributed by atoms with E-state index >= 15 is 0 Å². The number of hydrogen-bond donors (Lipinski definition) is 2. The number of amides is 2. The molecule has 1 fully saturated rings. The molecule has 1 aliphatic rings. The number of anilines is 1. The number of aryl methyl sites for hydroxylation is 2. The lowest BCUT2D eigenvalue weighted by Crippen LogP contribution is -2.46. The zero-order valence-corrected chi connectivity index (χ0v) is 13.3. The molecule has 0 aliphatic carbocycles. The normalized spacial score (nSPS) is 18.1. The van der Waals surface area contributed by atoms with Gasteiger partial charge >= 0.3 is 11.8 Å². The van der Waals surface area contributed by atoms with E-state index in [1.807, 2.05) is 32.0 Å². The van der Waals surface area contributed by atoms with Crippen molar-refractivity contribution in [3.8, 4) is 0 Å². The summed E-state index contributed by atoms with van der Waals surface area (Å²) >= 11 is 0. The van der Waals surface area contributed by atoms with Crippen molar-refractivity contribution in [2.45, 2.75) is 45.6 Å². The minimum Gasteiger partial charge on any atom is -0.391 e. The van der Waals surface area contributed by atoms with E-state index in [9.17, 15) is 14.7 Å². The van der Waals surface area contributed by atoms with Crippen LogP contribution in [0, 0.1) is 0 Å². The summed E-state index contributed by atoms with van der Waals surface area (Å²) < 4.78 is 0. The van der Waals surface area contributed by atoms with Crippen LogP contribution in [0.15, 0.2) is 18.2 Å². The van der Waals surface area contributed by atoms with Crippen LogP contribution in [0.1, 0.15) is 37.8 Å². The van der Waals surface area contributed by atoms with Crippen molar-refractivity contribution in [3.63, 3.8) is 0 Å². The molecule has 0 bridgehead atoms. The Morgan fingerprint density at radius 3 is 2.45 bits per heavy atom. The summed E-state index contributed by atoms with van der Waals surface area (Å²) in [6, 6.07) is 5.89. The number of benzene rings is 1. The minimum atomic E-state index is -0.621. The van der Waals surface area contributed by atoms with Gasteiger partial charge in [0.05, 0.1) is 6.10 Å². The van der Waals surface area contributed by atoms with Gasteiger partial charge in [0.25, 0.3) is 0 Å². The second kappa shape index (κ2) is 7.40. The highest BCUT2D eigenvalue weighted by Gasteiger charge is 2.27. The summed E-state index contributed by atoms with van der Waals surface area (Å²) in [7, 11) is 0. The summed E-state index contributed by atoms with van der Waals surface area (Å²) in [5.74, 6) is -1.18. The average Bonchev–Trinajstić information content (AvgIpc) is 2.54. The first-order chi connectivity index (χ1) is 10.6. The van der Waals surface area contributed by atoms with E-state index in [1.54, 1.807) is 0 Å². The number of carbonyl (C=O) groups is 2. The van der Waals surface area contributed by atoms with E-state index in [-0.39, 0.29) is 6.54 Å². The number of nitrogens with zero attached hydrogens (tertiary/aromatic N) is 1. The second-order valence-electron chi connectivity index (χ2n) is 5.66. The Morgan fingerprint density at radius 1 is 1.27 bits per heavy atom. The quantitative estimate of drug-likeness (QED) is 0.836. The van der Waals surface area contributed by atoms with Crippen LogP contribution in [-0.2, 0) is 22.4 Å². The van der Waals surface area contributed by atoms with E-state index in [0.717, 1.165) is 36.1 Å². The number of piperidine rings is 1. The lowest BCUT2D eigenvalue weighted by atomic mass is 10.0. The number of para-hydroxylation sites is 1. The number of rotatable bonds is 3. The Morgan fingerprint density at radius 2 is 1.91 bits per heavy atom. The summed E-state index contributed by atoms with van der Waals surface area (Å²) in [6.07, 6.45) is 2.47. The van der Waals surface area contributed by atoms with Crippen LogP contribution < -0.4 is 5.32 Å². The molecule has 5 heteroatoms. The molecule has 1 aromatic rings. The first-order valence-electron chi connectivity index (χ1n) is 7.95. The van der Waals surface area contributed by atoms with Crippen LogP contribution in [0.4, 0.5) is 5.69 Å². The number of nitrogens with one attached hydrogen (secondary N) is 1. The molecule has 0 aromatic heterocycles. The van der Waals surface area contributed by atoms with Crippen molar-refractivity contribution in [2.75, 3.05) is 18.4 Å². The maximum atomic E-state index is 12.3. The van der Waals surface area contributed by atoms with Gasteiger partial charge in [-0.2, -0.15) is 0 Å². The Kier molecular flexibility index (Phi) is 5.55. The third kappa shape index (κ3) is 3.65. The molecule has 1 atom stereocenters. The van der Waals surface area contributed by atoms with Gasteiger partial charge in [-0.3, -0.25) is 9.59 Å². The van der Waals surface area contributed by atoms with Crippen molar-refractivity contribution < 1.29 is 14.7 Å². The maximum absolute atomic E-state index is 12.3. The molecule has 1 aliphatic heterocycles. The van der Waals surface area contributed by atoms with Gasteiger partial charge in [0.1, 0.15) is 0 Å². The molecule has 1 aromatic carbocycles. The van der Waals surface area contributed by atoms with Gasteiger partial charge in [0.2, 0.25) is 0 Å². The lowest BCUT2D eigenvalue weighted by Gasteiger charge is -2.29. The molecule has 0 radical (unpaired) electrons. The number of hydrogen-bond acceptors (Lipinski definition) is 3. The summed E-state index contributed by atoms with van der Waals surface area (Å²) in [4.78, 5) is 26.0. The maximum Gasteiger partial charge on any atom is 0.313 e. The average molecular weight is 304 g/mol. The van der Waals surface area contributed by atoms with Crippen LogP contribution in [-0.4, -0.2) is 41.0 Å². The number of aliphatic hydroxyl groups is 1. The molecule has 1 unspecified atom stereocenters. The van der Waals surface area contributed by atoms with E-state index < -0.39 is 17.9 Å². The molecule has 120 valence electrons. The molecule has 2 rings (SSSR count). The predicted molar refractivity (Wildman–Crippen MR) is 85.6 cm³/mol. The van der Waals surface area contributed by atoms with Crippen LogP contribution >= 0.6 is 0 Å². The second-order valence-corrected chi connectivity index (χ2v) is 5.66. The van der Waals surface area contributed by atoms with Crippen molar-refractivity contribution >= 4 is 17.5 Å². The zero-order chi connectivity index (χ0) is 16.1. The smallest absolute Gasteiger partial charge is 0.313 e. The van der Waals surface area contributed by atoms with Gasteiger partial charge in [-0.25, -0.2) is 0 Å². The molecule has 5 nitrogen and oxygen atoms in total. The fourth-order valence-electron chi connectivity index (χ4n) is 2.85. The van der Waals surface area contributed by atoms with Crippen LogP contribution in [0.5, 0.6) is 0 Å². The van der Waals surface area contributed by atoms with Crippen LogP contribution in [0.3, 0.4) is 0 Å². The van der Waals surface area contributed by atoms with E-state index in [2.05, 4.69) is 5.32 Å². The standard InChI is InChI=1S/C17H24N2O3/c1-3-12-7-5-8-13(4-2)15(12)18-16(21)17(22)19-10-6-9-14(20)11-19/h5,7-8,14,20H,3-4,6,9-11H2,1-2H3,(H,18,21). The summed E-state index contributed by atoms with van der Waals surface area (Å²) in [5, 5.41) is 12.4. The molecular formula is C17H24N2O3. The lowest BCUT2D eigenvalue weighted by molar-refractivity contribution is -0.145. The molecule has 1 saturated heterocycles. The van der Waals surface area contributed by atoms with Gasteiger partial charge in [-0.1, -0.05) is 32.0 Å². The van der Waals surface area contributed by atoms with Gasteiger partial charge in [0.15, 0.2) is 0 Å². The molecule has 1 heterocycles. The molecule has 0 saturated carbocycles. The molecule has 2 amide bonds. The fraction of sp³-hybridized carbons (Fsp3) is 0.529. The zero-order valence-electron chi connectivity index (χ0n) is 13.3. The van der Waals surface area contributed by atoms with Crippen LogP contribution in [0.2, 0.25) is 0 Å². The Labute approximate surface area is 131 Å². The van der Waals surface area contributed by atoms with E-state index in [4.69, 9.17) is 0 Å². The first kappa shape index (κ1) is 16.5. The number of β-amino-alcohol motifs (C(OH)–C–C–N with tert-alkyl or cyclic N) is 1. The highest BCUT2D eigenvalue weighted by Crippen LogP contribution is 2.22. The van der Waals surface area contributed by atoms with Gasteiger partial charge in [0, 0.05) is 18.8 Å². The molecule has 0 spiro atoms. The highest BCUT2D eigenvalue weighted by molar-refractivity contribution is 6.39. The Hall–Kier alpha value is -1.88. The van der Waals surface area contributed by atoms with Crippen molar-refractivity contribution in [1.82, 2.24) is 4.90 Å². The van der Waals surface area contributed by atoms with Crippen LogP contribution in [0.25, 0.3) is 0 Å². The van der Waals surface area contributed by atoms with Gasteiger partial charge in [-0.05, 0) is 36.8 Å². The molecule has 2 N–H and O–H groups in total. The van der Waals surface area contributed by atoms with Crippen molar-refractivity contribution in [2.24, 2.45) is 0 Å². The Bertz CT molecular complexity index is 535. The first-order valence-corrected chi connectivity index (χ1v) is 7.95. The largest absolute Gasteiger partial charge is 0.391 e. The topological polar surface area (TPSA) is 69.6 Å². The summed E-state index contributed by atoms with van der Waals surface area (Å²) in [6.45, 7) is 4.81. The van der Waals surface area contributed by atoms with Gasteiger partial charge in [-0.15, -0.1) is 0 Å². The molecular weight excluding hydrogens is 280 g/mol. The Balaban J connectivity index is 2.13. The van der Waals surface area contributed by atoms with Crippen molar-refractivity contribution in [3.05, 3.63) is 29.3 Å². The third-order valence-corrected chi connectivity index (χ3v) is 4.12. The van der Waals surface area contributed by atoms with E-state index in [1.165, 1.54) is 4.90 Å². The number of carbonyl (C=O) groups excluding carboxylic acids is 2. The third-order valence-electron chi connectivity index (χ3n) is 4.12. The highest BCUT2D eigenvalue weighted by atomic mass is 16.3. The molecule has 22 heavy (non-hydrogen) atoms. The number of aliphatic hydroxyl groups excluding tert-OH is 1. The number of likely N-dealkylation sites (tertiary alicyclic amines) is 1. The summed E-state index contributed by atoms with van der Waals surface area (Å²) in [5.41, 5.74) is 2.81. The predicted octanol–water partition coefficient (Wildman–Crippen LogP) is 1.73. The fourth-order valence-corrected chi connectivity index (χ4v) is 2.85. The van der Waals surface area contributed by atoms with Gasteiger partial charge < -0.3 is 15.3 Å². The minimum absolute atomic E-state index is 0.238. The SMILES string of the molecule is CCc1cccc(CC)c1NC(=O)C(=O)N1CCCC(O)C1.